The molecule has 0 amide bonds. The normalized spacial score (nSPS) is 35.8. The molecule has 0 radical (unpaired) electrons. The Morgan fingerprint density at radius 3 is 2.44 bits per heavy atom. The first-order valence-corrected chi connectivity index (χ1v) is 6.95. The molecule has 1 heterocycles. The molecule has 0 bridgehead atoms. The van der Waals surface area contributed by atoms with E-state index in [0.29, 0.717) is 18.9 Å². The van der Waals surface area contributed by atoms with Crippen molar-refractivity contribution in [2.45, 2.75) is 58.3 Å². The largest absolute Gasteiger partial charge is 0.465 e. The number of ether oxygens (including phenoxy) is 1. The maximum absolute atomic E-state index is 11.0. The average molecular weight is 224 g/mol. The van der Waals surface area contributed by atoms with Crippen molar-refractivity contribution >= 4 is 5.97 Å². The Morgan fingerprint density at radius 1 is 1.12 bits per heavy atom. The third-order valence-electron chi connectivity index (χ3n) is 4.43. The topological polar surface area (TPSA) is 26.3 Å². The molecule has 1 saturated heterocycles. The molecule has 2 rings (SSSR count). The highest BCUT2D eigenvalue weighted by atomic mass is 16.5. The smallest absolute Gasteiger partial charge is 0.305 e. The van der Waals surface area contributed by atoms with Gasteiger partial charge in [0, 0.05) is 6.42 Å². The van der Waals surface area contributed by atoms with Crippen molar-refractivity contribution < 1.29 is 9.53 Å². The van der Waals surface area contributed by atoms with Crippen LogP contribution < -0.4 is 0 Å². The Hall–Kier alpha value is -0.530. The second-order valence-electron chi connectivity index (χ2n) is 5.55. The molecule has 1 atom stereocenters. The number of hydrogen-bond donors (Lipinski definition) is 0. The second-order valence-corrected chi connectivity index (χ2v) is 5.55. The van der Waals surface area contributed by atoms with Crippen molar-refractivity contribution in [3.8, 4) is 0 Å². The summed E-state index contributed by atoms with van der Waals surface area (Å²) in [5.74, 6) is 2.49. The lowest BCUT2D eigenvalue weighted by atomic mass is 9.73. The molecule has 0 aromatic carbocycles. The maximum Gasteiger partial charge on any atom is 0.305 e. The first-order chi connectivity index (χ1) is 7.79. The van der Waals surface area contributed by atoms with Crippen molar-refractivity contribution in [3.63, 3.8) is 0 Å². The number of carbonyl (C=O) groups excluding carboxylic acids is 1. The number of rotatable bonds is 3. The van der Waals surface area contributed by atoms with E-state index in [-0.39, 0.29) is 5.97 Å². The fourth-order valence-corrected chi connectivity index (χ4v) is 3.39. The molecule has 2 aliphatic rings. The lowest BCUT2D eigenvalue weighted by molar-refractivity contribution is -0.151. The van der Waals surface area contributed by atoms with Crippen LogP contribution >= 0.6 is 0 Å². The van der Waals surface area contributed by atoms with Gasteiger partial charge >= 0.3 is 5.97 Å². The monoisotopic (exact) mass is 224 g/mol. The van der Waals surface area contributed by atoms with Crippen molar-refractivity contribution in [2.75, 3.05) is 6.61 Å². The van der Waals surface area contributed by atoms with Crippen LogP contribution in [-0.4, -0.2) is 12.6 Å². The first-order valence-electron chi connectivity index (χ1n) is 6.95. The van der Waals surface area contributed by atoms with Crippen LogP contribution in [0.5, 0.6) is 0 Å². The van der Waals surface area contributed by atoms with Crippen LogP contribution in [0, 0.1) is 17.8 Å². The molecular formula is C14H24O2. The van der Waals surface area contributed by atoms with E-state index in [1.54, 1.807) is 0 Å². The molecule has 1 aliphatic heterocycles. The zero-order chi connectivity index (χ0) is 11.4. The van der Waals surface area contributed by atoms with E-state index in [2.05, 4.69) is 6.92 Å². The van der Waals surface area contributed by atoms with Crippen molar-refractivity contribution in [1.82, 2.24) is 0 Å². The van der Waals surface area contributed by atoms with Crippen LogP contribution in [0.1, 0.15) is 58.3 Å². The van der Waals surface area contributed by atoms with Crippen LogP contribution in [0.15, 0.2) is 0 Å². The summed E-state index contributed by atoms with van der Waals surface area (Å²) in [4.78, 5) is 11.0. The molecule has 0 spiro atoms. The predicted molar refractivity (Wildman–Crippen MR) is 64.0 cm³/mol. The number of hydrogen-bond acceptors (Lipinski definition) is 2. The molecule has 0 aromatic rings. The van der Waals surface area contributed by atoms with Gasteiger partial charge in [0.05, 0.1) is 6.61 Å². The lowest BCUT2D eigenvalue weighted by Crippen LogP contribution is -2.30. The Labute approximate surface area is 98.7 Å². The molecule has 0 N–H and O–H groups in total. The molecule has 1 saturated carbocycles. The van der Waals surface area contributed by atoms with E-state index in [9.17, 15) is 4.79 Å². The van der Waals surface area contributed by atoms with Crippen LogP contribution in [0.4, 0.5) is 0 Å². The summed E-state index contributed by atoms with van der Waals surface area (Å²) >= 11 is 0. The SMILES string of the molecule is CCCC1CCC(C2CCC(=O)OC2)CC1. The summed E-state index contributed by atoms with van der Waals surface area (Å²) in [6, 6.07) is 0. The summed E-state index contributed by atoms with van der Waals surface area (Å²) in [6.45, 7) is 2.98. The van der Waals surface area contributed by atoms with E-state index in [1.807, 2.05) is 0 Å². The third kappa shape index (κ3) is 2.99. The van der Waals surface area contributed by atoms with E-state index in [0.717, 1.165) is 18.3 Å². The van der Waals surface area contributed by atoms with Gasteiger partial charge in [-0.05, 0) is 37.0 Å². The molecular weight excluding hydrogens is 200 g/mol. The van der Waals surface area contributed by atoms with Gasteiger partial charge in [0.2, 0.25) is 0 Å². The van der Waals surface area contributed by atoms with Gasteiger partial charge in [-0.3, -0.25) is 4.79 Å². The summed E-state index contributed by atoms with van der Waals surface area (Å²) in [7, 11) is 0. The van der Waals surface area contributed by atoms with Gasteiger partial charge in [0.1, 0.15) is 0 Å². The molecule has 0 aromatic heterocycles. The van der Waals surface area contributed by atoms with Crippen molar-refractivity contribution in [1.29, 1.82) is 0 Å². The van der Waals surface area contributed by atoms with Gasteiger partial charge in [-0.2, -0.15) is 0 Å². The minimum Gasteiger partial charge on any atom is -0.465 e. The molecule has 2 heteroatoms. The standard InChI is InChI=1S/C14H24O2/c1-2-3-11-4-6-12(7-5-11)13-8-9-14(15)16-10-13/h11-13H,2-10H2,1H3. The van der Waals surface area contributed by atoms with E-state index < -0.39 is 0 Å². The highest BCUT2D eigenvalue weighted by Crippen LogP contribution is 2.38. The van der Waals surface area contributed by atoms with Gasteiger partial charge in [-0.25, -0.2) is 0 Å². The predicted octanol–water partition coefficient (Wildman–Crippen LogP) is 3.55. The maximum atomic E-state index is 11.0. The van der Waals surface area contributed by atoms with Gasteiger partial charge in [-0.1, -0.05) is 32.6 Å². The average Bonchev–Trinajstić information content (AvgIpc) is 2.32. The third-order valence-corrected chi connectivity index (χ3v) is 4.43. The van der Waals surface area contributed by atoms with Crippen molar-refractivity contribution in [3.05, 3.63) is 0 Å². The summed E-state index contributed by atoms with van der Waals surface area (Å²) in [5, 5.41) is 0. The number of cyclic esters (lactones) is 1. The molecule has 1 unspecified atom stereocenters. The van der Waals surface area contributed by atoms with Crippen LogP contribution in [0.3, 0.4) is 0 Å². The van der Waals surface area contributed by atoms with Crippen LogP contribution in [0.25, 0.3) is 0 Å². The van der Waals surface area contributed by atoms with Gasteiger partial charge < -0.3 is 4.74 Å². The van der Waals surface area contributed by atoms with Crippen LogP contribution in [-0.2, 0) is 9.53 Å². The van der Waals surface area contributed by atoms with Crippen molar-refractivity contribution in [2.24, 2.45) is 17.8 Å². The summed E-state index contributed by atoms with van der Waals surface area (Å²) in [6.07, 6.45) is 10.0. The fraction of sp³-hybridized carbons (Fsp3) is 0.929. The Kier molecular flexibility index (Phi) is 4.25. The molecule has 92 valence electrons. The minimum absolute atomic E-state index is 0.0101. The van der Waals surface area contributed by atoms with E-state index >= 15 is 0 Å². The second kappa shape index (κ2) is 5.70. The molecule has 1 aliphatic carbocycles. The first kappa shape index (κ1) is 11.9. The molecule has 2 nitrogen and oxygen atoms in total. The highest BCUT2D eigenvalue weighted by molar-refractivity contribution is 5.69. The minimum atomic E-state index is 0.0101. The molecule has 16 heavy (non-hydrogen) atoms. The Morgan fingerprint density at radius 2 is 1.88 bits per heavy atom. The van der Waals surface area contributed by atoms with Gasteiger partial charge in [-0.15, -0.1) is 0 Å². The zero-order valence-electron chi connectivity index (χ0n) is 10.4. The van der Waals surface area contributed by atoms with E-state index in [1.165, 1.54) is 38.5 Å². The van der Waals surface area contributed by atoms with Gasteiger partial charge in [0.25, 0.3) is 0 Å². The number of carbonyl (C=O) groups is 1. The van der Waals surface area contributed by atoms with Crippen LogP contribution in [0.2, 0.25) is 0 Å². The Bertz CT molecular complexity index is 219. The number of esters is 1. The van der Waals surface area contributed by atoms with E-state index in [4.69, 9.17) is 4.74 Å². The molecule has 2 fully saturated rings. The zero-order valence-corrected chi connectivity index (χ0v) is 10.4. The summed E-state index contributed by atoms with van der Waals surface area (Å²) in [5.41, 5.74) is 0. The Balaban J connectivity index is 1.74. The highest BCUT2D eigenvalue weighted by Gasteiger charge is 2.30. The fourth-order valence-electron chi connectivity index (χ4n) is 3.39. The summed E-state index contributed by atoms with van der Waals surface area (Å²) < 4.78 is 5.18. The van der Waals surface area contributed by atoms with Gasteiger partial charge in [0.15, 0.2) is 0 Å². The lowest BCUT2D eigenvalue weighted by Gasteiger charge is -2.35. The quantitative estimate of drug-likeness (QED) is 0.685.